The van der Waals surface area contributed by atoms with Crippen LogP contribution in [0.1, 0.15) is 90.9 Å². The van der Waals surface area contributed by atoms with Crippen molar-refractivity contribution in [3.05, 3.63) is 0 Å². The van der Waals surface area contributed by atoms with Crippen LogP contribution in [0, 0.1) is 0 Å². The molecule has 104 valence electrons. The van der Waals surface area contributed by atoms with Gasteiger partial charge in [0.1, 0.15) is 0 Å². The zero-order chi connectivity index (χ0) is 12.6. The number of nitrogens with one attached hydrogen (secondary N) is 1. The van der Waals surface area contributed by atoms with Crippen molar-refractivity contribution in [3.8, 4) is 0 Å². The van der Waals surface area contributed by atoms with Gasteiger partial charge in [0.05, 0.1) is 0 Å². The maximum absolute atomic E-state index is 3.51. The second-order valence-corrected chi connectivity index (χ2v) is 5.29. The van der Waals surface area contributed by atoms with Crippen LogP contribution in [0.3, 0.4) is 0 Å². The predicted octanol–water partition coefficient (Wildman–Crippen LogP) is 5.30. The van der Waals surface area contributed by atoms with Gasteiger partial charge in [-0.15, -0.1) is 0 Å². The molecule has 0 amide bonds. The molecular formula is C16H35N. The molecule has 0 unspecified atom stereocenters. The highest BCUT2D eigenvalue weighted by Gasteiger charge is 1.92. The molecule has 1 N–H and O–H groups in total. The lowest BCUT2D eigenvalue weighted by atomic mass is 10.1. The molecule has 0 bridgehead atoms. The minimum atomic E-state index is 1.22. The van der Waals surface area contributed by atoms with Gasteiger partial charge in [-0.1, -0.05) is 78.1 Å². The standard InChI is InChI=1S/C16H35N/c1-3-5-7-8-9-10-11-12-13-14-16-17-15-6-4-2/h17H,3-16H2,1-2H3. The fourth-order valence-corrected chi connectivity index (χ4v) is 2.16. The van der Waals surface area contributed by atoms with E-state index in [1.165, 1.54) is 90.1 Å². The molecule has 0 aliphatic heterocycles. The molecule has 0 saturated heterocycles. The van der Waals surface area contributed by atoms with Crippen molar-refractivity contribution in [2.45, 2.75) is 90.9 Å². The van der Waals surface area contributed by atoms with Crippen LogP contribution in [0.4, 0.5) is 0 Å². The van der Waals surface area contributed by atoms with Gasteiger partial charge in [0.2, 0.25) is 0 Å². The van der Waals surface area contributed by atoms with E-state index >= 15 is 0 Å². The fourth-order valence-electron chi connectivity index (χ4n) is 2.16. The summed E-state index contributed by atoms with van der Waals surface area (Å²) in [6, 6.07) is 0. The third-order valence-corrected chi connectivity index (χ3v) is 3.41. The van der Waals surface area contributed by atoms with Crippen molar-refractivity contribution < 1.29 is 0 Å². The molecule has 0 aromatic heterocycles. The average molecular weight is 241 g/mol. The Balaban J connectivity index is 2.85. The number of rotatable bonds is 14. The molecule has 0 saturated carbocycles. The van der Waals surface area contributed by atoms with Gasteiger partial charge in [-0.25, -0.2) is 0 Å². The van der Waals surface area contributed by atoms with E-state index in [2.05, 4.69) is 19.2 Å². The summed E-state index contributed by atoms with van der Waals surface area (Å²) >= 11 is 0. The molecule has 0 aromatic carbocycles. The monoisotopic (exact) mass is 241 g/mol. The Morgan fingerprint density at radius 2 is 0.882 bits per heavy atom. The predicted molar refractivity (Wildman–Crippen MR) is 79.6 cm³/mol. The Hall–Kier alpha value is -0.0400. The maximum Gasteiger partial charge on any atom is -0.00489 e. The molecular weight excluding hydrogens is 206 g/mol. The van der Waals surface area contributed by atoms with Crippen LogP contribution in [0.25, 0.3) is 0 Å². The van der Waals surface area contributed by atoms with Gasteiger partial charge in [-0.2, -0.15) is 0 Å². The van der Waals surface area contributed by atoms with Gasteiger partial charge in [0.15, 0.2) is 0 Å². The van der Waals surface area contributed by atoms with E-state index in [0.717, 1.165) is 0 Å². The average Bonchev–Trinajstić information content (AvgIpc) is 2.35. The molecule has 0 aliphatic carbocycles. The maximum atomic E-state index is 3.51. The summed E-state index contributed by atoms with van der Waals surface area (Å²) in [7, 11) is 0. The van der Waals surface area contributed by atoms with Crippen LogP contribution in [0.5, 0.6) is 0 Å². The number of hydrogen-bond donors (Lipinski definition) is 1. The van der Waals surface area contributed by atoms with E-state index in [1.807, 2.05) is 0 Å². The second-order valence-electron chi connectivity index (χ2n) is 5.29. The van der Waals surface area contributed by atoms with Gasteiger partial charge >= 0.3 is 0 Å². The van der Waals surface area contributed by atoms with Crippen LogP contribution in [-0.2, 0) is 0 Å². The molecule has 1 nitrogen and oxygen atoms in total. The summed E-state index contributed by atoms with van der Waals surface area (Å²) in [5.41, 5.74) is 0. The molecule has 0 aromatic rings. The Labute approximate surface area is 110 Å². The molecule has 0 atom stereocenters. The van der Waals surface area contributed by atoms with Crippen LogP contribution >= 0.6 is 0 Å². The lowest BCUT2D eigenvalue weighted by Crippen LogP contribution is -2.16. The molecule has 0 heterocycles. The first-order chi connectivity index (χ1) is 8.41. The Morgan fingerprint density at radius 3 is 1.41 bits per heavy atom. The highest BCUT2D eigenvalue weighted by atomic mass is 14.8. The molecule has 0 fully saturated rings. The molecule has 0 rings (SSSR count). The summed E-state index contributed by atoms with van der Waals surface area (Å²) in [5.74, 6) is 0. The third kappa shape index (κ3) is 16.0. The van der Waals surface area contributed by atoms with Gasteiger partial charge in [0.25, 0.3) is 0 Å². The molecule has 0 aliphatic rings. The summed E-state index contributed by atoms with van der Waals surface area (Å²) in [6.07, 6.45) is 17.0. The Bertz CT molecular complexity index is 109. The van der Waals surface area contributed by atoms with Crippen LogP contribution in [0.2, 0.25) is 0 Å². The highest BCUT2D eigenvalue weighted by Crippen LogP contribution is 2.10. The first-order valence-corrected chi connectivity index (χ1v) is 8.12. The van der Waals surface area contributed by atoms with E-state index in [-0.39, 0.29) is 0 Å². The van der Waals surface area contributed by atoms with E-state index in [4.69, 9.17) is 0 Å². The van der Waals surface area contributed by atoms with Crippen molar-refractivity contribution in [2.75, 3.05) is 13.1 Å². The molecule has 1 heteroatoms. The van der Waals surface area contributed by atoms with Gasteiger partial charge < -0.3 is 5.32 Å². The van der Waals surface area contributed by atoms with E-state index in [0.29, 0.717) is 0 Å². The van der Waals surface area contributed by atoms with E-state index in [1.54, 1.807) is 0 Å². The lowest BCUT2D eigenvalue weighted by molar-refractivity contribution is 0.540. The normalized spacial score (nSPS) is 10.9. The summed E-state index contributed by atoms with van der Waals surface area (Å²) in [5, 5.41) is 3.51. The first-order valence-electron chi connectivity index (χ1n) is 8.12. The van der Waals surface area contributed by atoms with Crippen molar-refractivity contribution >= 4 is 0 Å². The summed E-state index contributed by atoms with van der Waals surface area (Å²) in [4.78, 5) is 0. The minimum Gasteiger partial charge on any atom is -0.317 e. The highest BCUT2D eigenvalue weighted by molar-refractivity contribution is 4.50. The Morgan fingerprint density at radius 1 is 0.471 bits per heavy atom. The van der Waals surface area contributed by atoms with Crippen molar-refractivity contribution in [3.63, 3.8) is 0 Å². The lowest BCUT2D eigenvalue weighted by Gasteiger charge is -2.04. The topological polar surface area (TPSA) is 12.0 Å². The third-order valence-electron chi connectivity index (χ3n) is 3.41. The zero-order valence-electron chi connectivity index (χ0n) is 12.4. The summed E-state index contributed by atoms with van der Waals surface area (Å²) < 4.78 is 0. The molecule has 0 radical (unpaired) electrons. The molecule has 17 heavy (non-hydrogen) atoms. The quantitative estimate of drug-likeness (QED) is 0.407. The van der Waals surface area contributed by atoms with Crippen molar-refractivity contribution in [1.82, 2.24) is 5.32 Å². The smallest absolute Gasteiger partial charge is 0.00489 e. The Kier molecular flexibility index (Phi) is 15.9. The van der Waals surface area contributed by atoms with Crippen LogP contribution < -0.4 is 5.32 Å². The zero-order valence-corrected chi connectivity index (χ0v) is 12.4. The van der Waals surface area contributed by atoms with E-state index in [9.17, 15) is 0 Å². The molecule has 0 spiro atoms. The van der Waals surface area contributed by atoms with Gasteiger partial charge in [0, 0.05) is 0 Å². The van der Waals surface area contributed by atoms with Crippen molar-refractivity contribution in [2.24, 2.45) is 0 Å². The minimum absolute atomic E-state index is 1.22. The fraction of sp³-hybridized carbons (Fsp3) is 1.00. The van der Waals surface area contributed by atoms with E-state index < -0.39 is 0 Å². The van der Waals surface area contributed by atoms with Crippen molar-refractivity contribution in [1.29, 1.82) is 0 Å². The second kappa shape index (κ2) is 16.0. The number of unbranched alkanes of at least 4 members (excludes halogenated alkanes) is 10. The van der Waals surface area contributed by atoms with Crippen LogP contribution in [0.15, 0.2) is 0 Å². The van der Waals surface area contributed by atoms with Crippen LogP contribution in [-0.4, -0.2) is 13.1 Å². The SMILES string of the molecule is CCCCCCCCCCCCNCCCC. The number of hydrogen-bond acceptors (Lipinski definition) is 1. The largest absolute Gasteiger partial charge is 0.317 e. The van der Waals surface area contributed by atoms with Gasteiger partial charge in [-0.05, 0) is 25.9 Å². The summed E-state index contributed by atoms with van der Waals surface area (Å²) in [6.45, 7) is 6.99. The van der Waals surface area contributed by atoms with Gasteiger partial charge in [-0.3, -0.25) is 0 Å². The first kappa shape index (κ1) is 17.0.